The lowest BCUT2D eigenvalue weighted by molar-refractivity contribution is 0.572. The number of benzene rings is 3. The number of anilines is 1. The molecule has 0 aliphatic heterocycles. The second-order valence-corrected chi connectivity index (χ2v) is 11.6. The van der Waals surface area contributed by atoms with E-state index in [0.717, 1.165) is 30.5 Å². The molecule has 0 saturated carbocycles. The van der Waals surface area contributed by atoms with Crippen LogP contribution in [0.2, 0.25) is 5.02 Å². The summed E-state index contributed by atoms with van der Waals surface area (Å²) in [6, 6.07) is 7.28. The second kappa shape index (κ2) is 9.91. The third-order valence-corrected chi connectivity index (χ3v) is 7.28. The monoisotopic (exact) mass is 590 g/mol. The Morgan fingerprint density at radius 1 is 1.10 bits per heavy atom. The number of fused-ring (bicyclic) bond motifs is 2. The maximum atomic E-state index is 14.5. The first-order valence-corrected chi connectivity index (χ1v) is 14.1. The maximum Gasteiger partial charge on any atom is 0.266 e. The molecule has 0 radical (unpaired) electrons. The minimum absolute atomic E-state index is 0.0293. The van der Waals surface area contributed by atoms with E-state index in [1.165, 1.54) is 41.4 Å². The van der Waals surface area contributed by atoms with Crippen molar-refractivity contribution < 1.29 is 21.6 Å². The fourth-order valence-corrected chi connectivity index (χ4v) is 5.46. The predicted molar refractivity (Wildman–Crippen MR) is 147 cm³/mol. The number of halogens is 4. The van der Waals surface area contributed by atoms with Crippen molar-refractivity contribution in [2.45, 2.75) is 19.4 Å². The summed E-state index contributed by atoms with van der Waals surface area (Å²) < 4.78 is 71.1. The van der Waals surface area contributed by atoms with Gasteiger partial charge in [0.1, 0.15) is 23.3 Å². The summed E-state index contributed by atoms with van der Waals surface area (Å²) in [5.74, 6) is -2.28. The van der Waals surface area contributed by atoms with Gasteiger partial charge in [-0.1, -0.05) is 11.6 Å². The molecule has 5 rings (SSSR count). The Hall–Kier alpha value is -3.94. The number of aromatic nitrogens is 4. The van der Waals surface area contributed by atoms with Crippen molar-refractivity contribution in [3.05, 3.63) is 92.2 Å². The van der Waals surface area contributed by atoms with Gasteiger partial charge in [0.05, 0.1) is 44.8 Å². The molecule has 0 aliphatic rings. The molecule has 0 aliphatic carbocycles. The summed E-state index contributed by atoms with van der Waals surface area (Å²) >= 11 is 6.45. The second-order valence-electron chi connectivity index (χ2n) is 9.40. The number of nitrogens with one attached hydrogen (secondary N) is 1. The van der Waals surface area contributed by atoms with Crippen LogP contribution in [0.4, 0.5) is 19.0 Å². The summed E-state index contributed by atoms with van der Waals surface area (Å²) in [6.07, 6.45) is 0.834. The van der Waals surface area contributed by atoms with Gasteiger partial charge in [-0.25, -0.2) is 26.6 Å². The molecule has 40 heavy (non-hydrogen) atoms. The van der Waals surface area contributed by atoms with E-state index in [-0.39, 0.29) is 61.7 Å². The first-order valence-electron chi connectivity index (χ1n) is 11.8. The normalized spacial score (nSPS) is 12.8. The largest absolute Gasteiger partial charge is 0.321 e. The molecule has 208 valence electrons. The van der Waals surface area contributed by atoms with Crippen LogP contribution in [-0.2, 0) is 23.5 Å². The van der Waals surface area contributed by atoms with Crippen LogP contribution in [0.5, 0.6) is 0 Å². The van der Waals surface area contributed by atoms with Crippen molar-refractivity contribution in [1.29, 1.82) is 0 Å². The third-order valence-electron chi connectivity index (χ3n) is 6.40. The molecule has 0 amide bonds. The van der Waals surface area contributed by atoms with Crippen molar-refractivity contribution in [3.8, 4) is 5.69 Å². The maximum absolute atomic E-state index is 14.5. The molecule has 2 aromatic heterocycles. The number of nitrogens with two attached hydrogens (primary N) is 1. The van der Waals surface area contributed by atoms with E-state index < -0.39 is 39.1 Å². The smallest absolute Gasteiger partial charge is 0.266 e. The predicted octanol–water partition coefficient (Wildman–Crippen LogP) is 4.27. The van der Waals surface area contributed by atoms with Crippen molar-refractivity contribution >= 4 is 49.2 Å². The highest BCUT2D eigenvalue weighted by molar-refractivity contribution is 7.92. The Labute approximate surface area is 231 Å². The number of sulfonamides is 1. The molecule has 0 saturated heterocycles. The number of rotatable bonds is 6. The molecule has 0 spiro atoms. The van der Waals surface area contributed by atoms with Crippen molar-refractivity contribution in [2.75, 3.05) is 11.0 Å². The first-order chi connectivity index (χ1) is 18.7. The fourth-order valence-electron chi connectivity index (χ4n) is 4.72. The van der Waals surface area contributed by atoms with Gasteiger partial charge in [-0.15, -0.1) is 0 Å². The molecule has 0 unspecified atom stereocenters. The highest BCUT2D eigenvalue weighted by Gasteiger charge is 2.25. The minimum atomic E-state index is -3.74. The molecule has 9 nitrogen and oxygen atoms in total. The van der Waals surface area contributed by atoms with Crippen molar-refractivity contribution in [3.63, 3.8) is 0 Å². The standard InChI is InChI=1S/C26H22ClF3N6O3S/c1-12-18(30)6-4-16-22(12)32-25(19(31)10-13-8-14(28)11-15(29)9-13)36(26(16)37)20-7-5-17(27)21-23(20)35(2)33-24(21)34-40(3,38)39/h4-9,11,19H,10,31H2,1-3H3,(H,33,34)/t19-/m0/s1. The molecule has 1 atom stereocenters. The Kier molecular flexibility index (Phi) is 6.84. The van der Waals surface area contributed by atoms with E-state index in [9.17, 15) is 26.4 Å². The average molecular weight is 591 g/mol. The van der Waals surface area contributed by atoms with Crippen LogP contribution >= 0.6 is 11.6 Å². The molecule has 3 aromatic carbocycles. The van der Waals surface area contributed by atoms with Gasteiger partial charge in [0, 0.05) is 18.7 Å². The number of nitrogens with zero attached hydrogens (tertiary/aromatic N) is 4. The zero-order valence-electron chi connectivity index (χ0n) is 21.3. The number of hydrogen-bond donors (Lipinski definition) is 2. The van der Waals surface area contributed by atoms with E-state index >= 15 is 0 Å². The lowest BCUT2D eigenvalue weighted by Crippen LogP contribution is -2.30. The highest BCUT2D eigenvalue weighted by atomic mass is 35.5. The lowest BCUT2D eigenvalue weighted by atomic mass is 10.0. The molecule has 0 bridgehead atoms. The Morgan fingerprint density at radius 2 is 1.77 bits per heavy atom. The van der Waals surface area contributed by atoms with Gasteiger partial charge in [-0.2, -0.15) is 5.10 Å². The van der Waals surface area contributed by atoms with Crippen LogP contribution in [0, 0.1) is 24.4 Å². The van der Waals surface area contributed by atoms with Crippen LogP contribution in [0.1, 0.15) is 23.0 Å². The van der Waals surface area contributed by atoms with Crippen LogP contribution in [0.3, 0.4) is 0 Å². The number of hydrogen-bond acceptors (Lipinski definition) is 6. The summed E-state index contributed by atoms with van der Waals surface area (Å²) in [4.78, 5) is 18.6. The minimum Gasteiger partial charge on any atom is -0.321 e. The van der Waals surface area contributed by atoms with Crippen molar-refractivity contribution in [1.82, 2.24) is 19.3 Å². The zero-order chi connectivity index (χ0) is 29.1. The van der Waals surface area contributed by atoms with Crippen LogP contribution < -0.4 is 16.0 Å². The topological polar surface area (TPSA) is 125 Å². The molecule has 14 heteroatoms. The van der Waals surface area contributed by atoms with E-state index in [1.54, 1.807) is 0 Å². The SMILES string of the molecule is Cc1c(F)ccc2c(=O)n(-c3ccc(Cl)c4c(NS(C)(=O)=O)nn(C)c34)c([C@@H](N)Cc3cc(F)cc(F)c3)nc12. The summed E-state index contributed by atoms with van der Waals surface area (Å²) in [5, 5.41) is 4.69. The van der Waals surface area contributed by atoms with E-state index in [0.29, 0.717) is 0 Å². The van der Waals surface area contributed by atoms with E-state index in [2.05, 4.69) is 14.8 Å². The molecule has 2 heterocycles. The Balaban J connectivity index is 1.83. The van der Waals surface area contributed by atoms with Gasteiger partial charge in [-0.3, -0.25) is 18.8 Å². The van der Waals surface area contributed by atoms with Gasteiger partial charge < -0.3 is 5.73 Å². The number of aryl methyl sites for hydroxylation is 2. The van der Waals surface area contributed by atoms with Crippen LogP contribution in [-0.4, -0.2) is 34.0 Å². The summed E-state index contributed by atoms with van der Waals surface area (Å²) in [5.41, 5.74) is 6.79. The van der Waals surface area contributed by atoms with Gasteiger partial charge in [0.15, 0.2) is 5.82 Å². The van der Waals surface area contributed by atoms with Crippen LogP contribution in [0.15, 0.2) is 47.3 Å². The summed E-state index contributed by atoms with van der Waals surface area (Å²) in [7, 11) is -2.21. The fraction of sp³-hybridized carbons (Fsp3) is 0.192. The average Bonchev–Trinajstić information content (AvgIpc) is 3.16. The Morgan fingerprint density at radius 3 is 2.42 bits per heavy atom. The molecule has 3 N–H and O–H groups in total. The first kappa shape index (κ1) is 27.6. The van der Waals surface area contributed by atoms with Gasteiger partial charge in [-0.05, 0) is 55.3 Å². The van der Waals surface area contributed by atoms with E-state index in [1.807, 2.05) is 0 Å². The molecular formula is C26H22ClF3N6O3S. The Bertz CT molecular complexity index is 1990. The zero-order valence-corrected chi connectivity index (χ0v) is 22.9. The van der Waals surface area contributed by atoms with E-state index in [4.69, 9.17) is 17.3 Å². The summed E-state index contributed by atoms with van der Waals surface area (Å²) in [6.45, 7) is 1.47. The van der Waals surface area contributed by atoms with Gasteiger partial charge in [0.25, 0.3) is 5.56 Å². The lowest BCUT2D eigenvalue weighted by Gasteiger charge is -2.20. The van der Waals surface area contributed by atoms with Gasteiger partial charge >= 0.3 is 0 Å². The third kappa shape index (κ3) is 4.91. The molecule has 5 aromatic rings. The van der Waals surface area contributed by atoms with Gasteiger partial charge in [0.2, 0.25) is 10.0 Å². The van der Waals surface area contributed by atoms with Crippen LogP contribution in [0.25, 0.3) is 27.5 Å². The quantitative estimate of drug-likeness (QED) is 0.304. The molecule has 0 fully saturated rings. The van der Waals surface area contributed by atoms with Crippen molar-refractivity contribution in [2.24, 2.45) is 12.8 Å². The molecular weight excluding hydrogens is 569 g/mol. The highest BCUT2D eigenvalue weighted by Crippen LogP contribution is 2.35.